The Morgan fingerprint density at radius 2 is 1.80 bits per heavy atom. The highest BCUT2D eigenvalue weighted by atomic mass is 35.5. The first-order valence-corrected chi connectivity index (χ1v) is 9.03. The van der Waals surface area contributed by atoms with E-state index in [-0.39, 0.29) is 24.2 Å². The molecule has 2 N–H and O–H groups in total. The van der Waals surface area contributed by atoms with Crippen LogP contribution < -0.4 is 5.73 Å². The lowest BCUT2D eigenvalue weighted by Crippen LogP contribution is -2.61. The average Bonchev–Trinajstić information content (AvgIpc) is 3.03. The van der Waals surface area contributed by atoms with E-state index < -0.39 is 5.54 Å². The zero-order chi connectivity index (χ0) is 17.2. The van der Waals surface area contributed by atoms with Gasteiger partial charge in [-0.3, -0.25) is 9.59 Å². The van der Waals surface area contributed by atoms with Crippen molar-refractivity contribution < 1.29 is 9.59 Å². The molecule has 0 radical (unpaired) electrons. The molecule has 2 fully saturated rings. The lowest BCUT2D eigenvalue weighted by atomic mass is 9.85. The van der Waals surface area contributed by atoms with Gasteiger partial charge in [0.15, 0.2) is 0 Å². The monoisotopic (exact) mass is 365 g/mol. The number of rotatable bonds is 4. The van der Waals surface area contributed by atoms with E-state index in [1.165, 1.54) is 0 Å². The van der Waals surface area contributed by atoms with E-state index in [9.17, 15) is 9.59 Å². The van der Waals surface area contributed by atoms with Gasteiger partial charge in [-0.05, 0) is 49.8 Å². The van der Waals surface area contributed by atoms with Gasteiger partial charge in [-0.1, -0.05) is 19.1 Å². The van der Waals surface area contributed by atoms with E-state index in [2.05, 4.69) is 6.92 Å². The number of halogens is 1. The van der Waals surface area contributed by atoms with Crippen LogP contribution in [-0.2, 0) is 11.3 Å². The maximum atomic E-state index is 13.1. The zero-order valence-electron chi connectivity index (χ0n) is 14.9. The molecule has 0 aromatic heterocycles. The summed E-state index contributed by atoms with van der Waals surface area (Å²) in [4.78, 5) is 29.9. The van der Waals surface area contributed by atoms with Crippen molar-refractivity contribution in [2.75, 3.05) is 19.6 Å². The molecule has 1 aromatic rings. The summed E-state index contributed by atoms with van der Waals surface area (Å²) in [5.41, 5.74) is 6.66. The fourth-order valence-electron chi connectivity index (χ4n) is 4.14. The van der Waals surface area contributed by atoms with Gasteiger partial charge in [-0.25, -0.2) is 0 Å². The van der Waals surface area contributed by atoms with E-state index in [4.69, 9.17) is 5.73 Å². The Labute approximate surface area is 155 Å². The Hall–Kier alpha value is -1.59. The summed E-state index contributed by atoms with van der Waals surface area (Å²) in [5, 5.41) is 0. The van der Waals surface area contributed by atoms with E-state index in [1.54, 1.807) is 0 Å². The van der Waals surface area contributed by atoms with E-state index >= 15 is 0 Å². The number of hydrogen-bond acceptors (Lipinski definition) is 3. The van der Waals surface area contributed by atoms with Crippen LogP contribution in [0.1, 0.15) is 54.9 Å². The van der Waals surface area contributed by atoms with Crippen molar-refractivity contribution in [3.05, 3.63) is 35.4 Å². The van der Waals surface area contributed by atoms with Crippen LogP contribution in [0.25, 0.3) is 0 Å². The molecule has 2 heterocycles. The maximum absolute atomic E-state index is 13.1. The van der Waals surface area contributed by atoms with Gasteiger partial charge in [0.25, 0.3) is 5.91 Å². The Balaban J connectivity index is 0.00000225. The molecule has 2 amide bonds. The van der Waals surface area contributed by atoms with Crippen LogP contribution in [0.15, 0.2) is 24.3 Å². The van der Waals surface area contributed by atoms with Crippen molar-refractivity contribution in [1.29, 1.82) is 0 Å². The van der Waals surface area contributed by atoms with Crippen molar-refractivity contribution in [2.45, 2.75) is 51.1 Å². The van der Waals surface area contributed by atoms with E-state index in [0.717, 1.165) is 50.8 Å². The van der Waals surface area contributed by atoms with Gasteiger partial charge in [0.05, 0.1) is 0 Å². The Morgan fingerprint density at radius 3 is 2.40 bits per heavy atom. The normalized spacial score (nSPS) is 23.0. The first kappa shape index (κ1) is 19.7. The van der Waals surface area contributed by atoms with Crippen molar-refractivity contribution in [2.24, 2.45) is 5.73 Å². The highest BCUT2D eigenvalue weighted by molar-refractivity contribution is 6.00. The molecule has 6 heteroatoms. The molecule has 2 saturated heterocycles. The average molecular weight is 366 g/mol. The smallest absolute Gasteiger partial charge is 0.254 e. The maximum Gasteiger partial charge on any atom is 0.254 e. The number of benzene rings is 1. The molecule has 1 unspecified atom stereocenters. The molecule has 5 nitrogen and oxygen atoms in total. The molecule has 1 spiro atoms. The standard InChI is InChI=1S/C19H27N3O2.ClH/c1-2-11-21-12-3-9-19(18(21)24)10-4-13-22(19)17(23)16-7-5-15(14-20)6-8-16;/h5-8H,2-4,9-14,20H2,1H3;1H. The first-order chi connectivity index (χ1) is 11.6. The molecule has 0 saturated carbocycles. The Kier molecular flexibility index (Phi) is 6.47. The van der Waals surface area contributed by atoms with Gasteiger partial charge in [0, 0.05) is 31.7 Å². The zero-order valence-corrected chi connectivity index (χ0v) is 15.7. The molecule has 2 aliphatic rings. The number of nitrogens with two attached hydrogens (primary N) is 1. The summed E-state index contributed by atoms with van der Waals surface area (Å²) in [6.07, 6.45) is 4.41. The summed E-state index contributed by atoms with van der Waals surface area (Å²) in [6, 6.07) is 7.44. The molecule has 3 rings (SSSR count). The summed E-state index contributed by atoms with van der Waals surface area (Å²) in [7, 11) is 0. The highest BCUT2D eigenvalue weighted by Crippen LogP contribution is 2.39. The predicted molar refractivity (Wildman–Crippen MR) is 101 cm³/mol. The van der Waals surface area contributed by atoms with Crippen LogP contribution in [0.2, 0.25) is 0 Å². The molecule has 25 heavy (non-hydrogen) atoms. The topological polar surface area (TPSA) is 66.6 Å². The third-order valence-electron chi connectivity index (χ3n) is 5.37. The number of carbonyl (C=O) groups excluding carboxylic acids is 2. The molecular weight excluding hydrogens is 338 g/mol. The number of hydrogen-bond donors (Lipinski definition) is 1. The second kappa shape index (κ2) is 8.19. The van der Waals surface area contributed by atoms with Gasteiger partial charge in [-0.2, -0.15) is 0 Å². The highest BCUT2D eigenvalue weighted by Gasteiger charge is 2.52. The SMILES string of the molecule is CCCN1CCCC2(CCCN2C(=O)c2ccc(CN)cc2)C1=O.Cl. The van der Waals surface area contributed by atoms with Crippen molar-refractivity contribution in [1.82, 2.24) is 9.80 Å². The third-order valence-corrected chi connectivity index (χ3v) is 5.37. The molecular formula is C19H28ClN3O2. The number of piperidine rings is 1. The fraction of sp³-hybridized carbons (Fsp3) is 0.579. The lowest BCUT2D eigenvalue weighted by molar-refractivity contribution is -0.145. The second-order valence-electron chi connectivity index (χ2n) is 6.89. The van der Waals surface area contributed by atoms with Gasteiger partial charge >= 0.3 is 0 Å². The van der Waals surface area contributed by atoms with Gasteiger partial charge in [-0.15, -0.1) is 12.4 Å². The molecule has 0 aliphatic carbocycles. The van der Waals surface area contributed by atoms with E-state index in [1.807, 2.05) is 34.1 Å². The molecule has 2 aliphatic heterocycles. The van der Waals surface area contributed by atoms with Crippen LogP contribution in [0.4, 0.5) is 0 Å². The van der Waals surface area contributed by atoms with Crippen LogP contribution >= 0.6 is 12.4 Å². The number of amides is 2. The van der Waals surface area contributed by atoms with Gasteiger partial charge in [0.2, 0.25) is 5.91 Å². The van der Waals surface area contributed by atoms with Crippen molar-refractivity contribution >= 4 is 24.2 Å². The third kappa shape index (κ3) is 3.53. The quantitative estimate of drug-likeness (QED) is 0.891. The first-order valence-electron chi connectivity index (χ1n) is 9.03. The summed E-state index contributed by atoms with van der Waals surface area (Å²) < 4.78 is 0. The molecule has 138 valence electrons. The molecule has 0 bridgehead atoms. The van der Waals surface area contributed by atoms with Gasteiger partial charge < -0.3 is 15.5 Å². The fourth-order valence-corrected chi connectivity index (χ4v) is 4.14. The van der Waals surface area contributed by atoms with E-state index in [0.29, 0.717) is 18.7 Å². The largest absolute Gasteiger partial charge is 0.341 e. The molecule has 1 aromatic carbocycles. The number of carbonyl (C=O) groups is 2. The molecule has 1 atom stereocenters. The van der Waals surface area contributed by atoms with Crippen molar-refractivity contribution in [3.8, 4) is 0 Å². The van der Waals surface area contributed by atoms with Crippen LogP contribution in [-0.4, -0.2) is 46.8 Å². The summed E-state index contributed by atoms with van der Waals surface area (Å²) >= 11 is 0. The minimum atomic E-state index is -0.614. The van der Waals surface area contributed by atoms with Crippen LogP contribution in [0, 0.1) is 0 Å². The van der Waals surface area contributed by atoms with Gasteiger partial charge in [0.1, 0.15) is 5.54 Å². The lowest BCUT2D eigenvalue weighted by Gasteiger charge is -2.44. The summed E-state index contributed by atoms with van der Waals surface area (Å²) in [5.74, 6) is 0.128. The van der Waals surface area contributed by atoms with Crippen molar-refractivity contribution in [3.63, 3.8) is 0 Å². The number of likely N-dealkylation sites (tertiary alicyclic amines) is 2. The van der Waals surface area contributed by atoms with Crippen LogP contribution in [0.3, 0.4) is 0 Å². The Morgan fingerprint density at radius 1 is 1.16 bits per heavy atom. The number of nitrogens with zero attached hydrogens (tertiary/aromatic N) is 2. The predicted octanol–water partition coefficient (Wildman–Crippen LogP) is 2.57. The minimum absolute atomic E-state index is 0. The Bertz CT molecular complexity index is 618. The van der Waals surface area contributed by atoms with Crippen LogP contribution in [0.5, 0.6) is 0 Å². The minimum Gasteiger partial charge on any atom is -0.341 e. The second-order valence-corrected chi connectivity index (χ2v) is 6.89. The summed E-state index contributed by atoms with van der Waals surface area (Å²) in [6.45, 7) is 4.83.